The van der Waals surface area contributed by atoms with E-state index in [2.05, 4.69) is 15.6 Å². The molecule has 5 heteroatoms. The highest BCUT2D eigenvalue weighted by Gasteiger charge is 2.01. The Morgan fingerprint density at radius 3 is 2.33 bits per heavy atom. The predicted molar refractivity (Wildman–Crippen MR) is 102 cm³/mol. The SMILES string of the molecule is Cc1ccnc(NC(=S)Nc2ccc(Oc3ccccc3)cc2)c1. The molecule has 0 unspecified atom stereocenters. The van der Waals surface area contributed by atoms with Crippen molar-refractivity contribution < 1.29 is 4.74 Å². The van der Waals surface area contributed by atoms with Crippen LogP contribution in [0.15, 0.2) is 72.9 Å². The van der Waals surface area contributed by atoms with E-state index < -0.39 is 0 Å². The summed E-state index contributed by atoms with van der Waals surface area (Å²) in [7, 11) is 0. The van der Waals surface area contributed by atoms with E-state index in [9.17, 15) is 0 Å². The second-order valence-electron chi connectivity index (χ2n) is 5.24. The average Bonchev–Trinajstić information content (AvgIpc) is 2.57. The van der Waals surface area contributed by atoms with E-state index in [1.165, 1.54) is 0 Å². The third-order valence-electron chi connectivity index (χ3n) is 3.25. The van der Waals surface area contributed by atoms with Gasteiger partial charge in [0.1, 0.15) is 17.3 Å². The minimum absolute atomic E-state index is 0.491. The fourth-order valence-electron chi connectivity index (χ4n) is 2.11. The van der Waals surface area contributed by atoms with Crippen LogP contribution in [0, 0.1) is 6.92 Å². The van der Waals surface area contributed by atoms with Crippen LogP contribution >= 0.6 is 12.2 Å². The molecule has 24 heavy (non-hydrogen) atoms. The first-order valence-electron chi connectivity index (χ1n) is 7.53. The first-order valence-corrected chi connectivity index (χ1v) is 7.93. The molecule has 0 radical (unpaired) electrons. The van der Waals surface area contributed by atoms with E-state index in [-0.39, 0.29) is 0 Å². The summed E-state index contributed by atoms with van der Waals surface area (Å²) in [6.45, 7) is 2.01. The van der Waals surface area contributed by atoms with Crippen LogP contribution in [-0.2, 0) is 0 Å². The molecule has 3 aromatic rings. The Kier molecular flexibility index (Phi) is 5.03. The van der Waals surface area contributed by atoms with Gasteiger partial charge < -0.3 is 15.4 Å². The number of hydrogen-bond donors (Lipinski definition) is 2. The molecule has 0 aliphatic heterocycles. The van der Waals surface area contributed by atoms with Crippen LogP contribution in [0.3, 0.4) is 0 Å². The third kappa shape index (κ3) is 4.54. The number of anilines is 2. The lowest BCUT2D eigenvalue weighted by atomic mass is 10.3. The number of para-hydroxylation sites is 1. The zero-order valence-electron chi connectivity index (χ0n) is 13.2. The number of thiocarbonyl (C=S) groups is 1. The van der Waals surface area contributed by atoms with Gasteiger partial charge in [0.05, 0.1) is 0 Å². The van der Waals surface area contributed by atoms with E-state index >= 15 is 0 Å². The molecule has 120 valence electrons. The van der Waals surface area contributed by atoms with E-state index in [4.69, 9.17) is 17.0 Å². The van der Waals surface area contributed by atoms with Gasteiger partial charge in [-0.3, -0.25) is 0 Å². The number of pyridine rings is 1. The van der Waals surface area contributed by atoms with Crippen LogP contribution in [0.5, 0.6) is 11.5 Å². The van der Waals surface area contributed by atoms with Crippen molar-refractivity contribution in [3.63, 3.8) is 0 Å². The van der Waals surface area contributed by atoms with Crippen LogP contribution in [0.25, 0.3) is 0 Å². The van der Waals surface area contributed by atoms with E-state index in [1.807, 2.05) is 73.7 Å². The molecular weight excluding hydrogens is 318 g/mol. The van der Waals surface area contributed by atoms with Gasteiger partial charge in [-0.25, -0.2) is 4.98 Å². The van der Waals surface area contributed by atoms with Gasteiger partial charge in [0, 0.05) is 11.9 Å². The van der Waals surface area contributed by atoms with Crippen molar-refractivity contribution in [1.29, 1.82) is 0 Å². The zero-order valence-corrected chi connectivity index (χ0v) is 14.0. The lowest BCUT2D eigenvalue weighted by Crippen LogP contribution is -2.19. The summed E-state index contributed by atoms with van der Waals surface area (Å²) in [6.07, 6.45) is 1.75. The Labute approximate surface area is 146 Å². The van der Waals surface area contributed by atoms with Crippen LogP contribution in [-0.4, -0.2) is 10.1 Å². The topological polar surface area (TPSA) is 46.2 Å². The average molecular weight is 335 g/mol. The molecule has 2 aromatic carbocycles. The first kappa shape index (κ1) is 16.0. The van der Waals surface area contributed by atoms with Gasteiger partial charge in [-0.1, -0.05) is 18.2 Å². The van der Waals surface area contributed by atoms with Gasteiger partial charge in [0.25, 0.3) is 0 Å². The molecule has 0 spiro atoms. The normalized spacial score (nSPS) is 10.0. The number of aromatic nitrogens is 1. The molecule has 0 atom stereocenters. The number of benzene rings is 2. The lowest BCUT2D eigenvalue weighted by molar-refractivity contribution is 0.483. The summed E-state index contributed by atoms with van der Waals surface area (Å²) in [6, 6.07) is 21.1. The highest BCUT2D eigenvalue weighted by atomic mass is 32.1. The molecule has 0 bridgehead atoms. The van der Waals surface area contributed by atoms with Crippen molar-refractivity contribution in [1.82, 2.24) is 4.98 Å². The molecular formula is C19H17N3OS. The second-order valence-corrected chi connectivity index (χ2v) is 5.65. The molecule has 1 aromatic heterocycles. The molecule has 1 heterocycles. The van der Waals surface area contributed by atoms with Crippen molar-refractivity contribution in [2.24, 2.45) is 0 Å². The quantitative estimate of drug-likeness (QED) is 0.658. The van der Waals surface area contributed by atoms with E-state index in [0.717, 1.165) is 28.6 Å². The van der Waals surface area contributed by atoms with Gasteiger partial charge in [-0.15, -0.1) is 0 Å². The monoisotopic (exact) mass is 335 g/mol. The maximum absolute atomic E-state index is 5.76. The molecule has 0 fully saturated rings. The summed E-state index contributed by atoms with van der Waals surface area (Å²) in [4.78, 5) is 4.22. The van der Waals surface area contributed by atoms with Crippen molar-refractivity contribution >= 4 is 28.8 Å². The summed E-state index contributed by atoms with van der Waals surface area (Å²) in [5.74, 6) is 2.29. The number of nitrogens with one attached hydrogen (secondary N) is 2. The van der Waals surface area contributed by atoms with Crippen LogP contribution < -0.4 is 15.4 Å². The van der Waals surface area contributed by atoms with Gasteiger partial charge in [0.15, 0.2) is 5.11 Å². The largest absolute Gasteiger partial charge is 0.457 e. The first-order chi connectivity index (χ1) is 11.7. The number of nitrogens with zero attached hydrogens (tertiary/aromatic N) is 1. The molecule has 0 aliphatic carbocycles. The highest BCUT2D eigenvalue weighted by molar-refractivity contribution is 7.80. The fourth-order valence-corrected chi connectivity index (χ4v) is 2.34. The van der Waals surface area contributed by atoms with Gasteiger partial charge in [-0.2, -0.15) is 0 Å². The van der Waals surface area contributed by atoms with Gasteiger partial charge >= 0.3 is 0 Å². The summed E-state index contributed by atoms with van der Waals surface area (Å²) < 4.78 is 5.76. The smallest absolute Gasteiger partial charge is 0.176 e. The van der Waals surface area contributed by atoms with E-state index in [1.54, 1.807) is 6.20 Å². The van der Waals surface area contributed by atoms with Crippen molar-refractivity contribution in [2.45, 2.75) is 6.92 Å². The van der Waals surface area contributed by atoms with Gasteiger partial charge in [0.2, 0.25) is 0 Å². The Morgan fingerprint density at radius 2 is 1.62 bits per heavy atom. The number of ether oxygens (including phenoxy) is 1. The summed E-state index contributed by atoms with van der Waals surface area (Å²) in [5.41, 5.74) is 2.00. The van der Waals surface area contributed by atoms with Crippen molar-refractivity contribution in [3.05, 3.63) is 78.5 Å². The second kappa shape index (κ2) is 7.57. The minimum Gasteiger partial charge on any atom is -0.457 e. The maximum atomic E-state index is 5.76. The molecule has 4 nitrogen and oxygen atoms in total. The predicted octanol–water partition coefficient (Wildman–Crippen LogP) is 4.99. The minimum atomic E-state index is 0.491. The molecule has 0 aliphatic rings. The van der Waals surface area contributed by atoms with Crippen molar-refractivity contribution in [2.75, 3.05) is 10.6 Å². The maximum Gasteiger partial charge on any atom is 0.176 e. The summed E-state index contributed by atoms with van der Waals surface area (Å²) >= 11 is 5.31. The Morgan fingerprint density at radius 1 is 0.917 bits per heavy atom. The molecule has 0 saturated carbocycles. The Bertz CT molecular complexity index is 820. The van der Waals surface area contributed by atoms with E-state index in [0.29, 0.717) is 5.11 Å². The molecule has 0 amide bonds. The number of hydrogen-bond acceptors (Lipinski definition) is 3. The van der Waals surface area contributed by atoms with Crippen LogP contribution in [0.1, 0.15) is 5.56 Å². The van der Waals surface area contributed by atoms with Gasteiger partial charge in [-0.05, 0) is 73.2 Å². The molecule has 3 rings (SSSR count). The molecule has 0 saturated heterocycles. The Balaban J connectivity index is 1.58. The number of aryl methyl sites for hydroxylation is 1. The third-order valence-corrected chi connectivity index (χ3v) is 3.45. The van der Waals surface area contributed by atoms with Crippen molar-refractivity contribution in [3.8, 4) is 11.5 Å². The highest BCUT2D eigenvalue weighted by Crippen LogP contribution is 2.22. The Hall–Kier alpha value is -2.92. The standard InChI is InChI=1S/C19H17N3OS/c1-14-11-12-20-18(13-14)22-19(24)21-15-7-9-17(10-8-15)23-16-5-3-2-4-6-16/h2-13H,1H3,(H2,20,21,22,24). The lowest BCUT2D eigenvalue weighted by Gasteiger charge is -2.11. The summed E-state index contributed by atoms with van der Waals surface area (Å²) in [5, 5.41) is 6.68. The number of rotatable bonds is 4. The molecule has 2 N–H and O–H groups in total. The van der Waals surface area contributed by atoms with Crippen LogP contribution in [0.2, 0.25) is 0 Å². The zero-order chi connectivity index (χ0) is 16.8. The van der Waals surface area contributed by atoms with Crippen LogP contribution in [0.4, 0.5) is 11.5 Å². The fraction of sp³-hybridized carbons (Fsp3) is 0.0526.